The summed E-state index contributed by atoms with van der Waals surface area (Å²) >= 11 is 0. The number of hydrogen-bond acceptors (Lipinski definition) is 4. The predicted molar refractivity (Wildman–Crippen MR) is 131 cm³/mol. The SMILES string of the molecule is COC(=O)c1ccc(C2C(=O)C(C3CCCCC3)=C2O[Si](C(C)C)(C(C)C)C(C)C)cc1. The molecule has 0 aromatic heterocycles. The maximum atomic E-state index is 13.5. The third-order valence-electron chi connectivity index (χ3n) is 7.73. The molecule has 4 nitrogen and oxygen atoms in total. The first-order valence-corrected chi connectivity index (χ1v) is 14.4. The lowest BCUT2D eigenvalue weighted by Gasteiger charge is -2.48. The zero-order valence-corrected chi connectivity index (χ0v) is 21.9. The molecule has 32 heavy (non-hydrogen) atoms. The molecule has 0 saturated heterocycles. The van der Waals surface area contributed by atoms with Crippen molar-refractivity contribution in [3.05, 3.63) is 46.7 Å². The highest BCUT2D eigenvalue weighted by atomic mass is 28.4. The first-order valence-electron chi connectivity index (χ1n) is 12.3. The number of ketones is 1. The van der Waals surface area contributed by atoms with Gasteiger partial charge in [-0.1, -0.05) is 72.9 Å². The van der Waals surface area contributed by atoms with Crippen LogP contribution < -0.4 is 0 Å². The summed E-state index contributed by atoms with van der Waals surface area (Å²) in [4.78, 5) is 25.4. The normalized spacial score (nSPS) is 20.2. The molecule has 5 heteroatoms. The number of esters is 1. The zero-order valence-electron chi connectivity index (χ0n) is 20.9. The van der Waals surface area contributed by atoms with E-state index in [-0.39, 0.29) is 17.7 Å². The van der Waals surface area contributed by atoms with Crippen LogP contribution in [-0.4, -0.2) is 27.2 Å². The Balaban J connectivity index is 2.05. The number of methoxy groups -OCH3 is 1. The number of carbonyl (C=O) groups excluding carboxylic acids is 2. The molecule has 0 radical (unpaired) electrons. The standard InChI is InChI=1S/C27H40O4Si/c1-17(2)32(18(3)4,19(5)6)31-26-23(20-11-9-8-10-12-20)25(28)24(26)21-13-15-22(16-14-21)27(29)30-7/h13-20,24H,8-12H2,1-7H3. The van der Waals surface area contributed by atoms with Gasteiger partial charge in [0.2, 0.25) is 0 Å². The van der Waals surface area contributed by atoms with E-state index in [4.69, 9.17) is 9.16 Å². The monoisotopic (exact) mass is 456 g/mol. The van der Waals surface area contributed by atoms with E-state index in [1.165, 1.54) is 26.4 Å². The van der Waals surface area contributed by atoms with Crippen LogP contribution in [0.1, 0.15) is 95.5 Å². The number of hydrogen-bond donors (Lipinski definition) is 0. The van der Waals surface area contributed by atoms with Crippen molar-refractivity contribution in [3.63, 3.8) is 0 Å². The molecule has 0 heterocycles. The van der Waals surface area contributed by atoms with E-state index in [1.54, 1.807) is 12.1 Å². The highest BCUT2D eigenvalue weighted by Gasteiger charge is 2.53. The van der Waals surface area contributed by atoms with E-state index in [9.17, 15) is 9.59 Å². The number of allylic oxidation sites excluding steroid dienone is 2. The van der Waals surface area contributed by atoms with Crippen LogP contribution in [0.4, 0.5) is 0 Å². The van der Waals surface area contributed by atoms with Crippen molar-refractivity contribution in [1.29, 1.82) is 0 Å². The molecule has 1 saturated carbocycles. The molecule has 1 unspecified atom stereocenters. The van der Waals surface area contributed by atoms with Gasteiger partial charge in [0.1, 0.15) is 11.7 Å². The second-order valence-electron chi connectivity index (χ2n) is 10.4. The zero-order chi connectivity index (χ0) is 23.6. The minimum absolute atomic E-state index is 0.219. The maximum Gasteiger partial charge on any atom is 0.337 e. The van der Waals surface area contributed by atoms with E-state index in [0.717, 1.165) is 29.7 Å². The number of carbonyl (C=O) groups is 2. The van der Waals surface area contributed by atoms with E-state index in [0.29, 0.717) is 28.1 Å². The molecular weight excluding hydrogens is 416 g/mol. The average Bonchev–Trinajstić information content (AvgIpc) is 2.76. The Morgan fingerprint density at radius 1 is 0.906 bits per heavy atom. The Morgan fingerprint density at radius 2 is 1.44 bits per heavy atom. The van der Waals surface area contributed by atoms with Crippen LogP contribution in [0.2, 0.25) is 16.6 Å². The topological polar surface area (TPSA) is 52.6 Å². The Kier molecular flexibility index (Phi) is 7.69. The van der Waals surface area contributed by atoms with Gasteiger partial charge in [-0.25, -0.2) is 4.79 Å². The van der Waals surface area contributed by atoms with Crippen LogP contribution in [0.3, 0.4) is 0 Å². The molecular formula is C27H40O4Si. The summed E-state index contributed by atoms with van der Waals surface area (Å²) in [5.41, 5.74) is 3.71. The highest BCUT2D eigenvalue weighted by Crippen LogP contribution is 2.52. The Hall–Kier alpha value is -1.88. The molecule has 0 spiro atoms. The lowest BCUT2D eigenvalue weighted by molar-refractivity contribution is -0.120. The molecule has 176 valence electrons. The van der Waals surface area contributed by atoms with Gasteiger partial charge in [0.15, 0.2) is 5.78 Å². The average molecular weight is 457 g/mol. The van der Waals surface area contributed by atoms with Gasteiger partial charge in [-0.05, 0) is 53.1 Å². The van der Waals surface area contributed by atoms with Crippen LogP contribution in [0.25, 0.3) is 0 Å². The maximum absolute atomic E-state index is 13.5. The summed E-state index contributed by atoms with van der Waals surface area (Å²) in [6.45, 7) is 13.7. The molecule has 2 aliphatic rings. The van der Waals surface area contributed by atoms with Crippen LogP contribution in [0.15, 0.2) is 35.6 Å². The summed E-state index contributed by atoms with van der Waals surface area (Å²) in [5.74, 6) is 0.779. The number of ether oxygens (including phenoxy) is 1. The predicted octanol–water partition coefficient (Wildman–Crippen LogP) is 7.17. The molecule has 1 atom stereocenters. The van der Waals surface area contributed by atoms with Gasteiger partial charge in [-0.2, -0.15) is 0 Å². The van der Waals surface area contributed by atoms with Crippen LogP contribution >= 0.6 is 0 Å². The van der Waals surface area contributed by atoms with Gasteiger partial charge < -0.3 is 9.16 Å². The fourth-order valence-corrected chi connectivity index (χ4v) is 11.5. The van der Waals surface area contributed by atoms with E-state index >= 15 is 0 Å². The fourth-order valence-electron chi connectivity index (χ4n) is 6.16. The third-order valence-corrected chi connectivity index (χ3v) is 13.7. The Bertz CT molecular complexity index is 838. The van der Waals surface area contributed by atoms with E-state index in [2.05, 4.69) is 41.5 Å². The van der Waals surface area contributed by atoms with Gasteiger partial charge in [-0.3, -0.25) is 4.79 Å². The molecule has 3 rings (SSSR count). The molecule has 2 aliphatic carbocycles. The van der Waals surface area contributed by atoms with Gasteiger partial charge in [0.05, 0.1) is 12.7 Å². The first-order chi connectivity index (χ1) is 15.1. The second kappa shape index (κ2) is 9.94. The van der Waals surface area contributed by atoms with Crippen LogP contribution in [0, 0.1) is 5.92 Å². The first kappa shape index (κ1) is 24.8. The molecule has 1 aromatic rings. The third kappa shape index (κ3) is 4.33. The van der Waals surface area contributed by atoms with Crippen molar-refractivity contribution < 1.29 is 18.8 Å². The quantitative estimate of drug-likeness (QED) is 0.307. The van der Waals surface area contributed by atoms with Gasteiger partial charge >= 0.3 is 5.97 Å². The van der Waals surface area contributed by atoms with E-state index < -0.39 is 8.32 Å². The lowest BCUT2D eigenvalue weighted by Crippen LogP contribution is -2.50. The molecule has 0 N–H and O–H groups in total. The number of rotatable bonds is 8. The van der Waals surface area contributed by atoms with Crippen molar-refractivity contribution >= 4 is 20.1 Å². The van der Waals surface area contributed by atoms with Crippen molar-refractivity contribution in [3.8, 4) is 0 Å². The van der Waals surface area contributed by atoms with Crippen LogP contribution in [-0.2, 0) is 14.0 Å². The van der Waals surface area contributed by atoms with Crippen molar-refractivity contribution in [1.82, 2.24) is 0 Å². The highest BCUT2D eigenvalue weighted by molar-refractivity contribution is 6.78. The summed E-state index contributed by atoms with van der Waals surface area (Å²) in [6, 6.07) is 7.28. The molecule has 1 fully saturated rings. The fraction of sp³-hybridized carbons (Fsp3) is 0.630. The van der Waals surface area contributed by atoms with Crippen LogP contribution in [0.5, 0.6) is 0 Å². The number of Topliss-reactive ketones (excluding diaryl/α,β-unsaturated/α-hetero) is 1. The van der Waals surface area contributed by atoms with Gasteiger partial charge in [-0.15, -0.1) is 0 Å². The summed E-state index contributed by atoms with van der Waals surface area (Å²) in [5, 5.41) is 0. The minimum Gasteiger partial charge on any atom is -0.545 e. The molecule has 1 aromatic carbocycles. The molecule has 0 bridgehead atoms. The summed E-state index contributed by atoms with van der Waals surface area (Å²) < 4.78 is 12.0. The molecule has 0 amide bonds. The Morgan fingerprint density at radius 3 is 1.91 bits per heavy atom. The van der Waals surface area contributed by atoms with Gasteiger partial charge in [0.25, 0.3) is 8.32 Å². The van der Waals surface area contributed by atoms with Gasteiger partial charge in [0, 0.05) is 5.57 Å². The largest absolute Gasteiger partial charge is 0.545 e. The van der Waals surface area contributed by atoms with E-state index in [1.807, 2.05) is 12.1 Å². The summed E-state index contributed by atoms with van der Waals surface area (Å²) in [7, 11) is -0.809. The minimum atomic E-state index is -2.19. The number of benzene rings is 1. The lowest BCUT2D eigenvalue weighted by atomic mass is 9.69. The smallest absolute Gasteiger partial charge is 0.337 e. The van der Waals surface area contributed by atoms with Crippen molar-refractivity contribution in [2.75, 3.05) is 7.11 Å². The van der Waals surface area contributed by atoms with Crippen molar-refractivity contribution in [2.45, 2.75) is 96.2 Å². The molecule has 0 aliphatic heterocycles. The van der Waals surface area contributed by atoms with Crippen molar-refractivity contribution in [2.24, 2.45) is 5.92 Å². The Labute approximate surface area is 194 Å². The second-order valence-corrected chi connectivity index (χ2v) is 15.8. The summed E-state index contributed by atoms with van der Waals surface area (Å²) in [6.07, 6.45) is 5.81.